The summed E-state index contributed by atoms with van der Waals surface area (Å²) in [5.74, 6) is -2.89. The second kappa shape index (κ2) is 7.85. The molecule has 6 rings (SSSR count). The van der Waals surface area contributed by atoms with E-state index in [1.54, 1.807) is 30.3 Å². The maximum atomic E-state index is 13.9. The lowest BCUT2D eigenvalue weighted by Crippen LogP contribution is -2.56. The Morgan fingerprint density at radius 2 is 1.97 bits per heavy atom. The molecule has 5 atom stereocenters. The number of benzene rings is 1. The van der Waals surface area contributed by atoms with Crippen LogP contribution in [0, 0.1) is 11.3 Å². The Kier molecular flexibility index (Phi) is 5.01. The molecule has 3 heterocycles. The molecule has 190 valence electrons. The highest BCUT2D eigenvalue weighted by atomic mass is 35.5. The highest BCUT2D eigenvalue weighted by molar-refractivity contribution is 6.30. The third kappa shape index (κ3) is 3.18. The topological polar surface area (TPSA) is 148 Å². The number of piperidine rings is 1. The van der Waals surface area contributed by atoms with Crippen molar-refractivity contribution in [3.63, 3.8) is 0 Å². The monoisotopic (exact) mass is 521 g/mol. The zero-order valence-electron chi connectivity index (χ0n) is 19.9. The van der Waals surface area contributed by atoms with Gasteiger partial charge >= 0.3 is 5.97 Å². The second-order valence-corrected chi connectivity index (χ2v) is 10.7. The molecule has 2 amide bonds. The molecule has 3 N–H and O–H groups in total. The first-order valence-electron chi connectivity index (χ1n) is 12.0. The van der Waals surface area contributed by atoms with Crippen LogP contribution in [-0.4, -0.2) is 59.9 Å². The number of nitrogens with zero attached hydrogens (tertiary/aromatic N) is 4. The van der Waals surface area contributed by atoms with Gasteiger partial charge in [0.1, 0.15) is 18.3 Å². The molecule has 1 saturated heterocycles. The molecule has 0 spiro atoms. The lowest BCUT2D eigenvalue weighted by molar-refractivity contribution is -0.154. The lowest BCUT2D eigenvalue weighted by Gasteiger charge is -2.37. The summed E-state index contributed by atoms with van der Waals surface area (Å²) in [4.78, 5) is 57.1. The normalized spacial score (nSPS) is 29.7. The number of fused-ring (bicyclic) bond motifs is 2. The van der Waals surface area contributed by atoms with Crippen molar-refractivity contribution >= 4 is 46.2 Å². The van der Waals surface area contributed by atoms with Crippen molar-refractivity contribution in [2.24, 2.45) is 17.1 Å². The predicted octanol–water partition coefficient (Wildman–Crippen LogP) is 2.39. The Labute approximate surface area is 216 Å². The van der Waals surface area contributed by atoms with Crippen LogP contribution < -0.4 is 5.73 Å². The fraction of sp³-hybridized carbons (Fsp3) is 0.385. The number of carbonyl (C=O) groups is 4. The molecular weight excluding hydrogens is 498 g/mol. The average Bonchev–Trinajstić information content (AvgIpc) is 3.71. The van der Waals surface area contributed by atoms with Gasteiger partial charge < -0.3 is 15.7 Å². The van der Waals surface area contributed by atoms with Crippen molar-refractivity contribution in [3.8, 4) is 0 Å². The minimum Gasteiger partial charge on any atom is -0.480 e. The summed E-state index contributed by atoms with van der Waals surface area (Å²) in [5, 5.41) is 15.4. The molecule has 3 fully saturated rings. The summed E-state index contributed by atoms with van der Waals surface area (Å²) in [5.41, 5.74) is 5.31. The maximum absolute atomic E-state index is 13.9. The van der Waals surface area contributed by atoms with Gasteiger partial charge in [0.25, 0.3) is 0 Å². The van der Waals surface area contributed by atoms with Crippen LogP contribution in [0.5, 0.6) is 0 Å². The molecule has 0 bridgehead atoms. The van der Waals surface area contributed by atoms with E-state index in [0.29, 0.717) is 28.9 Å². The number of rotatable bonds is 7. The number of aromatic nitrogens is 3. The Bertz CT molecular complexity index is 1520. The Morgan fingerprint density at radius 3 is 2.65 bits per heavy atom. The summed E-state index contributed by atoms with van der Waals surface area (Å²) in [6.45, 7) is 1.06. The molecule has 2 saturated carbocycles. The number of carbonyl (C=O) groups excluding carboxylic acids is 3. The van der Waals surface area contributed by atoms with Crippen molar-refractivity contribution in [2.75, 3.05) is 0 Å². The fourth-order valence-electron chi connectivity index (χ4n) is 6.85. The Balaban J connectivity index is 1.41. The van der Waals surface area contributed by atoms with Gasteiger partial charge in [-0.05, 0) is 55.0 Å². The van der Waals surface area contributed by atoms with Crippen LogP contribution in [-0.2, 0) is 20.9 Å². The van der Waals surface area contributed by atoms with Crippen molar-refractivity contribution in [1.82, 2.24) is 19.7 Å². The minimum absolute atomic E-state index is 0.158. The van der Waals surface area contributed by atoms with E-state index in [0.717, 1.165) is 5.56 Å². The van der Waals surface area contributed by atoms with Gasteiger partial charge in [0.15, 0.2) is 11.4 Å². The number of likely N-dealkylation sites (tertiary alicyclic amines) is 1. The number of nitrogens with two attached hydrogens (primary N) is 1. The molecule has 2 aliphatic carbocycles. The largest absolute Gasteiger partial charge is 0.480 e. The van der Waals surface area contributed by atoms with Crippen molar-refractivity contribution < 1.29 is 24.3 Å². The summed E-state index contributed by atoms with van der Waals surface area (Å²) in [7, 11) is 0. The summed E-state index contributed by atoms with van der Waals surface area (Å²) < 4.78 is 1.33. The lowest BCUT2D eigenvalue weighted by atomic mass is 9.85. The molecule has 11 heteroatoms. The predicted molar refractivity (Wildman–Crippen MR) is 132 cm³/mol. The van der Waals surface area contributed by atoms with Crippen LogP contribution in [0.15, 0.2) is 42.6 Å². The van der Waals surface area contributed by atoms with Crippen molar-refractivity contribution in [1.29, 1.82) is 0 Å². The van der Waals surface area contributed by atoms with E-state index in [1.165, 1.54) is 22.7 Å². The fourth-order valence-corrected chi connectivity index (χ4v) is 7.05. The van der Waals surface area contributed by atoms with E-state index in [4.69, 9.17) is 17.3 Å². The highest BCUT2D eigenvalue weighted by Crippen LogP contribution is 2.78. The molecule has 37 heavy (non-hydrogen) atoms. The number of halogens is 1. The Hall–Kier alpha value is -3.79. The van der Waals surface area contributed by atoms with E-state index >= 15 is 0 Å². The summed E-state index contributed by atoms with van der Waals surface area (Å²) >= 11 is 6.20. The number of primary amides is 1. The first kappa shape index (κ1) is 23.6. The molecule has 0 radical (unpaired) electrons. The van der Waals surface area contributed by atoms with Gasteiger partial charge in [-0.25, -0.2) is 14.5 Å². The van der Waals surface area contributed by atoms with Gasteiger partial charge in [-0.2, -0.15) is 5.10 Å². The number of ketones is 1. The molecule has 1 aromatic carbocycles. The summed E-state index contributed by atoms with van der Waals surface area (Å²) in [6.07, 6.45) is 2.69. The first-order chi connectivity index (χ1) is 17.6. The second-order valence-electron chi connectivity index (χ2n) is 10.3. The number of Topliss-reactive ketones (excluding diaryl/α,β-unsaturated/α-hetero) is 1. The van der Waals surface area contributed by atoms with Crippen LogP contribution in [0.3, 0.4) is 0 Å². The van der Waals surface area contributed by atoms with Crippen LogP contribution in [0.1, 0.15) is 48.2 Å². The average molecular weight is 522 g/mol. The van der Waals surface area contributed by atoms with E-state index in [-0.39, 0.29) is 36.3 Å². The van der Waals surface area contributed by atoms with E-state index < -0.39 is 34.8 Å². The molecular formula is C26H24ClN5O5. The zero-order valence-corrected chi connectivity index (χ0v) is 20.7. The van der Waals surface area contributed by atoms with E-state index in [1.807, 2.05) is 6.07 Å². The maximum Gasteiger partial charge on any atom is 0.326 e. The van der Waals surface area contributed by atoms with Gasteiger partial charge in [0.2, 0.25) is 11.8 Å². The van der Waals surface area contributed by atoms with Crippen LogP contribution in [0.25, 0.3) is 11.0 Å². The smallest absolute Gasteiger partial charge is 0.326 e. The molecule has 2 aromatic heterocycles. The van der Waals surface area contributed by atoms with Gasteiger partial charge in [-0.1, -0.05) is 23.7 Å². The minimum atomic E-state index is -1.13. The SMILES string of the molecule is CC(=O)c1nn(CC(=O)N2[C@H](C(=O)O)C[C@H]3C[C@@]32[C@@]2(C(N)=O)C[C@H]2c2cccc(Cl)c2)c2ncccc12. The third-order valence-electron chi connectivity index (χ3n) is 8.43. The Morgan fingerprint density at radius 1 is 1.19 bits per heavy atom. The summed E-state index contributed by atoms with van der Waals surface area (Å²) in [6, 6.07) is 9.47. The highest BCUT2D eigenvalue weighted by Gasteiger charge is 2.85. The van der Waals surface area contributed by atoms with Crippen LogP contribution >= 0.6 is 11.6 Å². The molecule has 0 unspecified atom stereocenters. The van der Waals surface area contributed by atoms with Gasteiger partial charge in [0, 0.05) is 24.1 Å². The first-order valence-corrected chi connectivity index (χ1v) is 12.4. The van der Waals surface area contributed by atoms with E-state index in [9.17, 15) is 24.3 Å². The number of amides is 2. The quantitative estimate of drug-likeness (QED) is 0.453. The molecule has 3 aromatic rings. The number of pyridine rings is 1. The molecule has 3 aliphatic rings. The molecule has 1 aliphatic heterocycles. The number of carboxylic acid groups (broad SMARTS) is 1. The third-order valence-corrected chi connectivity index (χ3v) is 8.66. The molecule has 10 nitrogen and oxygen atoms in total. The standard InChI is InChI=1S/C26H24ClN5O5/c1-13(33)21-17-6-3-7-29-22(17)31(30-21)12-20(34)32-19(23(35)36)9-15-10-26(15,32)25(24(28)37)11-18(25)14-4-2-5-16(27)8-14/h2-8,15,18-19H,9-12H2,1H3,(H2,28,37)(H,35,36)/t15-,18-,19-,25-,26-/m0/s1. The van der Waals surface area contributed by atoms with Crippen LogP contribution in [0.2, 0.25) is 5.02 Å². The van der Waals surface area contributed by atoms with Gasteiger partial charge in [0.05, 0.1) is 16.3 Å². The van der Waals surface area contributed by atoms with Crippen molar-refractivity contribution in [2.45, 2.75) is 50.2 Å². The zero-order chi connectivity index (χ0) is 26.3. The number of carboxylic acids is 1. The van der Waals surface area contributed by atoms with Crippen LogP contribution in [0.4, 0.5) is 0 Å². The number of hydrogen-bond donors (Lipinski definition) is 2. The van der Waals surface area contributed by atoms with E-state index in [2.05, 4.69) is 10.1 Å². The number of hydrogen-bond acceptors (Lipinski definition) is 6. The van der Waals surface area contributed by atoms with Gasteiger partial charge in [-0.3, -0.25) is 14.4 Å². The number of aliphatic carboxylic acids is 1. The van der Waals surface area contributed by atoms with Gasteiger partial charge in [-0.15, -0.1) is 0 Å². The van der Waals surface area contributed by atoms with Crippen molar-refractivity contribution in [3.05, 3.63) is 58.9 Å².